The predicted octanol–water partition coefficient (Wildman–Crippen LogP) is 3.60. The fourth-order valence-corrected chi connectivity index (χ4v) is 9.67. The number of nitrogens with zero attached hydrogens (tertiary/aromatic N) is 3. The average molecular weight is 679 g/mol. The summed E-state index contributed by atoms with van der Waals surface area (Å²) in [5.74, 6) is 1.22. The monoisotopic (exact) mass is 678 g/mol. The number of likely N-dealkylation sites (tertiary alicyclic amines) is 1. The van der Waals surface area contributed by atoms with Crippen LogP contribution < -0.4 is 21.2 Å². The second kappa shape index (κ2) is 13.8. The molecule has 220 valence electrons. The number of aliphatic hydroxyl groups excluding tert-OH is 1. The van der Waals surface area contributed by atoms with Crippen LogP contribution in [-0.4, -0.2) is 56.9 Å². The van der Waals surface area contributed by atoms with Crippen LogP contribution in [0, 0.1) is 0 Å². The molecule has 2 unspecified atom stereocenters. The van der Waals surface area contributed by atoms with Gasteiger partial charge in [-0.25, -0.2) is 0 Å². The van der Waals surface area contributed by atoms with E-state index in [0.29, 0.717) is 0 Å². The van der Waals surface area contributed by atoms with Crippen LogP contribution in [0.3, 0.4) is 0 Å². The summed E-state index contributed by atoms with van der Waals surface area (Å²) in [4.78, 5) is 8.37. The number of fused-ring (bicyclic) bond motifs is 1. The van der Waals surface area contributed by atoms with Crippen molar-refractivity contribution in [2.45, 2.75) is 108 Å². The van der Waals surface area contributed by atoms with Gasteiger partial charge in [-0.1, -0.05) is 0 Å². The van der Waals surface area contributed by atoms with Crippen LogP contribution in [0.4, 0.5) is 0 Å². The van der Waals surface area contributed by atoms with Gasteiger partial charge in [0.25, 0.3) is 0 Å². The molecule has 0 saturated carbocycles. The molecule has 5 rings (SSSR count). The Balaban J connectivity index is 1.09. The third-order valence-electron chi connectivity index (χ3n) is 7.65. The van der Waals surface area contributed by atoms with Gasteiger partial charge < -0.3 is 9.84 Å². The van der Waals surface area contributed by atoms with E-state index in [1.165, 1.54) is 35.5 Å². The van der Waals surface area contributed by atoms with Crippen molar-refractivity contribution in [3.05, 3.63) is 63.4 Å². The molecule has 8 heteroatoms. The summed E-state index contributed by atoms with van der Waals surface area (Å²) in [5.41, 5.74) is 3.97. The number of thiophene rings is 1. The van der Waals surface area contributed by atoms with E-state index in [0.717, 1.165) is 64.6 Å². The number of hydrogen-bond acceptors (Lipinski definition) is 6. The molecule has 0 bridgehead atoms. The summed E-state index contributed by atoms with van der Waals surface area (Å²) in [6.07, 6.45) is 18.2. The number of piperidine rings is 1. The molecule has 2 aliphatic heterocycles. The maximum absolute atomic E-state index is 10.4. The molecular weight excluding hydrogens is 633 g/mol. The van der Waals surface area contributed by atoms with Gasteiger partial charge in [0, 0.05) is 13.1 Å². The minimum atomic E-state index is -0.840. The fourth-order valence-electron chi connectivity index (χ4n) is 5.56. The first-order valence-electron chi connectivity index (χ1n) is 14.8. The number of aryl methyl sites for hydroxylation is 1. The molecular formula is C32H45IN3O3S-. The van der Waals surface area contributed by atoms with Crippen molar-refractivity contribution in [3.8, 4) is 0 Å². The van der Waals surface area contributed by atoms with Gasteiger partial charge in [-0.2, -0.15) is 0 Å². The van der Waals surface area contributed by atoms with E-state index in [1.807, 2.05) is 37.0 Å². The Morgan fingerprint density at radius 1 is 1.23 bits per heavy atom. The first-order valence-corrected chi connectivity index (χ1v) is 18.3. The minimum absolute atomic E-state index is 0.0334. The second-order valence-corrected chi connectivity index (χ2v) is 15.6. The number of aliphatic hydroxyl groups is 1. The molecule has 2 atom stereocenters. The Bertz CT molecular complexity index is 1220. The van der Waals surface area contributed by atoms with Gasteiger partial charge in [-0.05, 0) is 33.6 Å². The standard InChI is InChI=1S/C32H45IN3O3S/c1-5-7-25-22-34-30(28-20-29-24(21-33-28)15-19-40-29)36(25)16-6-8-23-9-11-26(12-10-23)38-27-13-17-35(18-14-27)31(37)39-32(2,3)4/h9-11,15,19-20,22,26-27,31,37H,5-8,12-14,16-18,21H2,1-4H3/q-1. The molecule has 4 heterocycles. The van der Waals surface area contributed by atoms with Crippen LogP contribution in [0.2, 0.25) is 0 Å². The van der Waals surface area contributed by atoms with Crippen LogP contribution in [0.25, 0.3) is 9.66 Å². The zero-order valence-corrected chi connectivity index (χ0v) is 27.4. The van der Waals surface area contributed by atoms with Crippen LogP contribution in [0.5, 0.6) is 0 Å². The Morgan fingerprint density at radius 2 is 2.05 bits per heavy atom. The molecule has 40 heavy (non-hydrogen) atoms. The molecule has 0 spiro atoms. The first kappa shape index (κ1) is 30.2. The van der Waals surface area contributed by atoms with E-state index in [9.17, 15) is 5.11 Å². The molecule has 1 saturated heterocycles. The van der Waals surface area contributed by atoms with Crippen molar-refractivity contribution in [1.82, 2.24) is 14.5 Å². The average Bonchev–Trinajstić information content (AvgIpc) is 3.56. The van der Waals surface area contributed by atoms with Crippen LogP contribution in [0.15, 0.2) is 41.4 Å². The van der Waals surface area contributed by atoms with Crippen LogP contribution in [0.1, 0.15) is 88.2 Å². The number of halogens is 1. The molecule has 0 amide bonds. The summed E-state index contributed by atoms with van der Waals surface area (Å²) in [6.45, 7) is 10.8. The van der Waals surface area contributed by atoms with Crippen molar-refractivity contribution < 1.29 is 35.8 Å². The summed E-state index contributed by atoms with van der Waals surface area (Å²) in [5, 5.41) is 12.6. The summed E-state index contributed by atoms with van der Waals surface area (Å²) >= 11 is 1.83. The summed E-state index contributed by atoms with van der Waals surface area (Å²) in [7, 11) is 0. The molecule has 2 aromatic heterocycles. The van der Waals surface area contributed by atoms with E-state index in [1.54, 1.807) is 0 Å². The van der Waals surface area contributed by atoms with Gasteiger partial charge in [0.1, 0.15) is 0 Å². The number of aromatic nitrogens is 2. The third-order valence-corrected chi connectivity index (χ3v) is 11.4. The molecule has 1 fully saturated rings. The summed E-state index contributed by atoms with van der Waals surface area (Å²) in [6, 6.07) is 2.29. The zero-order chi connectivity index (χ0) is 28.1. The van der Waals surface area contributed by atoms with Crippen LogP contribution in [-0.2, 0) is 26.9 Å². The Morgan fingerprint density at radius 3 is 2.77 bits per heavy atom. The van der Waals surface area contributed by atoms with Gasteiger partial charge in [0.2, 0.25) is 6.41 Å². The van der Waals surface area contributed by atoms with Crippen molar-refractivity contribution in [3.63, 3.8) is 0 Å². The molecule has 6 nitrogen and oxygen atoms in total. The fraction of sp³-hybridized carbons (Fsp3) is 0.594. The third kappa shape index (κ3) is 7.95. The maximum atomic E-state index is 10.4. The van der Waals surface area contributed by atoms with E-state index in [4.69, 9.17) is 14.5 Å². The van der Waals surface area contributed by atoms with E-state index >= 15 is 0 Å². The van der Waals surface area contributed by atoms with E-state index in [-0.39, 0.29) is 39.0 Å². The number of imidazole rings is 1. The van der Waals surface area contributed by atoms with Crippen molar-refractivity contribution in [1.29, 1.82) is 0 Å². The summed E-state index contributed by atoms with van der Waals surface area (Å²) < 4.78 is 17.4. The van der Waals surface area contributed by atoms with Gasteiger partial charge in [-0.3, -0.25) is 4.90 Å². The predicted molar refractivity (Wildman–Crippen MR) is 160 cm³/mol. The Hall–Kier alpha value is -1.30. The van der Waals surface area contributed by atoms with Crippen molar-refractivity contribution >= 4 is 21.0 Å². The molecule has 1 aliphatic carbocycles. The molecule has 0 aromatic carbocycles. The van der Waals surface area contributed by atoms with Gasteiger partial charge in [0.05, 0.1) is 5.60 Å². The molecule has 3 aliphatic rings. The normalized spacial score (nSPS) is 21.5. The topological polar surface area (TPSA) is 59.8 Å². The van der Waals surface area contributed by atoms with Gasteiger partial charge in [-0.15, -0.1) is 0 Å². The van der Waals surface area contributed by atoms with Gasteiger partial charge in [0.15, 0.2) is 0 Å². The molecule has 0 radical (unpaired) electrons. The quantitative estimate of drug-likeness (QED) is 0.224. The first-order chi connectivity index (χ1) is 19.3. The number of ether oxygens (including phenoxy) is 2. The number of rotatable bonds is 11. The van der Waals surface area contributed by atoms with Crippen molar-refractivity contribution in [2.75, 3.05) is 13.1 Å². The molecule has 2 aromatic rings. The molecule has 1 N–H and O–H groups in total. The number of hydrogen-bond donors (Lipinski definition) is 1. The Kier molecular flexibility index (Phi) is 10.4. The van der Waals surface area contributed by atoms with Crippen molar-refractivity contribution in [2.24, 2.45) is 0 Å². The van der Waals surface area contributed by atoms with Gasteiger partial charge >= 0.3 is 182 Å². The van der Waals surface area contributed by atoms with E-state index < -0.39 is 6.41 Å². The number of alkyl halides is 1. The SMILES string of the molecule is CCCc1cnc(C2=Cc3sccc3C[I-]2)n1CCCC1=CCC(OC2CCN(C(O)OC(C)(C)C)CC2)C=C1. The van der Waals surface area contributed by atoms with Crippen LogP contribution >= 0.6 is 11.3 Å². The Labute approximate surface area is 254 Å². The van der Waals surface area contributed by atoms with E-state index in [2.05, 4.69) is 53.4 Å². The second-order valence-electron chi connectivity index (χ2n) is 12.0. The number of allylic oxidation sites excluding steroid dienone is 2. The zero-order valence-electron chi connectivity index (χ0n) is 24.4.